The van der Waals surface area contributed by atoms with Crippen LogP contribution in [0.4, 0.5) is 16.2 Å². The number of nitrogens with zero attached hydrogens (tertiary/aromatic N) is 4. The van der Waals surface area contributed by atoms with Crippen LogP contribution in [0.1, 0.15) is 5.56 Å². The van der Waals surface area contributed by atoms with Gasteiger partial charge in [-0.25, -0.2) is 4.79 Å². The number of hydrogen-bond donors (Lipinski definition) is 1. The number of rotatable bonds is 4. The number of hydrogen-bond acceptors (Lipinski definition) is 5. The molecule has 3 heterocycles. The van der Waals surface area contributed by atoms with E-state index in [0.717, 1.165) is 44.1 Å². The van der Waals surface area contributed by atoms with Crippen LogP contribution in [0.3, 0.4) is 0 Å². The Hall–Kier alpha value is -2.35. The number of anilines is 2. The number of urea groups is 1. The van der Waals surface area contributed by atoms with Gasteiger partial charge in [-0.1, -0.05) is 17.7 Å². The highest BCUT2D eigenvalue weighted by Crippen LogP contribution is 2.30. The minimum atomic E-state index is -0.0807. The van der Waals surface area contributed by atoms with Crippen molar-refractivity contribution in [3.05, 3.63) is 53.3 Å². The molecule has 0 aliphatic carbocycles. The summed E-state index contributed by atoms with van der Waals surface area (Å²) in [5, 5.41) is 3.68. The molecule has 0 saturated carbocycles. The third kappa shape index (κ3) is 5.18. The van der Waals surface area contributed by atoms with E-state index in [4.69, 9.17) is 16.3 Å². The molecule has 1 N–H and O–H groups in total. The molecule has 0 spiro atoms. The molecular weight excluding hydrogens is 390 g/mol. The van der Waals surface area contributed by atoms with Crippen LogP contribution in [0, 0.1) is 0 Å². The van der Waals surface area contributed by atoms with Gasteiger partial charge < -0.3 is 19.9 Å². The van der Waals surface area contributed by atoms with E-state index in [-0.39, 0.29) is 6.03 Å². The van der Waals surface area contributed by atoms with E-state index in [1.807, 2.05) is 35.4 Å². The first-order valence-corrected chi connectivity index (χ1v) is 10.4. The first-order chi connectivity index (χ1) is 14.2. The predicted molar refractivity (Wildman–Crippen MR) is 115 cm³/mol. The molecule has 29 heavy (non-hydrogen) atoms. The van der Waals surface area contributed by atoms with Crippen molar-refractivity contribution in [3.63, 3.8) is 0 Å². The normalized spacial score (nSPS) is 18.0. The summed E-state index contributed by atoms with van der Waals surface area (Å²) in [4.78, 5) is 23.5. The van der Waals surface area contributed by atoms with E-state index >= 15 is 0 Å². The fourth-order valence-electron chi connectivity index (χ4n) is 3.74. The summed E-state index contributed by atoms with van der Waals surface area (Å²) < 4.78 is 5.44. The maximum atomic E-state index is 12.9. The maximum absolute atomic E-state index is 12.9. The lowest BCUT2D eigenvalue weighted by molar-refractivity contribution is 0.123. The lowest BCUT2D eigenvalue weighted by atomic mass is 10.2. The van der Waals surface area contributed by atoms with E-state index in [2.05, 4.69) is 26.2 Å². The molecule has 2 aliphatic rings. The number of ether oxygens (including phenoxy) is 1. The number of morpholine rings is 1. The number of pyridine rings is 1. The number of halogens is 1. The van der Waals surface area contributed by atoms with Crippen molar-refractivity contribution in [2.24, 2.45) is 0 Å². The fraction of sp³-hybridized carbons (Fsp3) is 0.429. The predicted octanol–water partition coefficient (Wildman–Crippen LogP) is 2.92. The van der Waals surface area contributed by atoms with Crippen LogP contribution in [0.15, 0.2) is 42.7 Å². The SMILES string of the molecule is O=C(Nc1cc(Cl)ccc1N1CCOCC1)N1CCN(Cc2cccnc2)CC1. The van der Waals surface area contributed by atoms with Gasteiger partial charge in [0.05, 0.1) is 24.6 Å². The van der Waals surface area contributed by atoms with Crippen molar-refractivity contribution >= 4 is 29.0 Å². The molecule has 2 amide bonds. The Kier molecular flexibility index (Phi) is 6.49. The second kappa shape index (κ2) is 9.43. The monoisotopic (exact) mass is 415 g/mol. The summed E-state index contributed by atoms with van der Waals surface area (Å²) in [6, 6.07) is 9.61. The first-order valence-electron chi connectivity index (χ1n) is 9.98. The van der Waals surface area contributed by atoms with Crippen molar-refractivity contribution in [2.45, 2.75) is 6.54 Å². The third-order valence-electron chi connectivity index (χ3n) is 5.34. The second-order valence-electron chi connectivity index (χ2n) is 7.32. The first kappa shape index (κ1) is 19.9. The molecule has 8 heteroatoms. The number of benzene rings is 1. The van der Waals surface area contributed by atoms with Crippen LogP contribution in [-0.4, -0.2) is 73.3 Å². The summed E-state index contributed by atoms with van der Waals surface area (Å²) in [5.74, 6) is 0. The van der Waals surface area contributed by atoms with Gasteiger partial charge in [-0.05, 0) is 29.8 Å². The highest BCUT2D eigenvalue weighted by molar-refractivity contribution is 6.31. The summed E-state index contributed by atoms with van der Waals surface area (Å²) in [6.45, 7) is 6.92. The summed E-state index contributed by atoms with van der Waals surface area (Å²) >= 11 is 6.20. The summed E-state index contributed by atoms with van der Waals surface area (Å²) in [5.41, 5.74) is 2.93. The Morgan fingerprint density at radius 1 is 1.10 bits per heavy atom. The van der Waals surface area contributed by atoms with Crippen LogP contribution < -0.4 is 10.2 Å². The minimum Gasteiger partial charge on any atom is -0.378 e. The lowest BCUT2D eigenvalue weighted by Crippen LogP contribution is -2.49. The van der Waals surface area contributed by atoms with Gasteiger partial charge in [-0.3, -0.25) is 9.88 Å². The van der Waals surface area contributed by atoms with Crippen molar-refractivity contribution < 1.29 is 9.53 Å². The molecule has 2 fully saturated rings. The maximum Gasteiger partial charge on any atom is 0.321 e. The van der Waals surface area contributed by atoms with E-state index in [1.54, 1.807) is 6.20 Å². The van der Waals surface area contributed by atoms with Crippen LogP contribution in [0.25, 0.3) is 0 Å². The molecule has 0 atom stereocenters. The van der Waals surface area contributed by atoms with Crippen LogP contribution in [-0.2, 0) is 11.3 Å². The van der Waals surface area contributed by atoms with Crippen LogP contribution in [0.5, 0.6) is 0 Å². The number of carbonyl (C=O) groups excluding carboxylic acids is 1. The van der Waals surface area contributed by atoms with Gasteiger partial charge in [0.25, 0.3) is 0 Å². The van der Waals surface area contributed by atoms with E-state index in [9.17, 15) is 4.79 Å². The molecule has 2 saturated heterocycles. The standard InChI is InChI=1S/C21H26ClN5O2/c22-18-3-4-20(26-10-12-29-13-11-26)19(14-18)24-21(28)27-8-6-25(7-9-27)16-17-2-1-5-23-15-17/h1-5,14-15H,6-13,16H2,(H,24,28). The largest absolute Gasteiger partial charge is 0.378 e. The number of amides is 2. The molecule has 4 rings (SSSR count). The Morgan fingerprint density at radius 3 is 2.62 bits per heavy atom. The van der Waals surface area contributed by atoms with Crippen molar-refractivity contribution in [1.82, 2.24) is 14.8 Å². The average molecular weight is 416 g/mol. The van der Waals surface area contributed by atoms with E-state index in [1.165, 1.54) is 5.56 Å². The zero-order valence-electron chi connectivity index (χ0n) is 16.4. The van der Waals surface area contributed by atoms with E-state index in [0.29, 0.717) is 31.3 Å². The summed E-state index contributed by atoms with van der Waals surface area (Å²) in [7, 11) is 0. The van der Waals surface area contributed by atoms with Crippen molar-refractivity contribution in [3.8, 4) is 0 Å². The average Bonchev–Trinajstić information content (AvgIpc) is 2.76. The van der Waals surface area contributed by atoms with Crippen LogP contribution in [0.2, 0.25) is 5.02 Å². The van der Waals surface area contributed by atoms with Gasteiger partial charge in [-0.15, -0.1) is 0 Å². The number of nitrogens with one attached hydrogen (secondary N) is 1. The van der Waals surface area contributed by atoms with Gasteiger partial charge in [0, 0.05) is 63.2 Å². The van der Waals surface area contributed by atoms with Crippen molar-refractivity contribution in [1.29, 1.82) is 0 Å². The third-order valence-corrected chi connectivity index (χ3v) is 5.58. The van der Waals surface area contributed by atoms with E-state index < -0.39 is 0 Å². The quantitative estimate of drug-likeness (QED) is 0.831. The number of aromatic nitrogens is 1. The lowest BCUT2D eigenvalue weighted by Gasteiger charge is -2.35. The molecule has 2 aliphatic heterocycles. The van der Waals surface area contributed by atoms with Crippen molar-refractivity contribution in [2.75, 3.05) is 62.7 Å². The molecule has 0 radical (unpaired) electrons. The molecule has 7 nitrogen and oxygen atoms in total. The summed E-state index contributed by atoms with van der Waals surface area (Å²) in [6.07, 6.45) is 3.68. The molecular formula is C21H26ClN5O2. The zero-order valence-corrected chi connectivity index (χ0v) is 17.1. The highest BCUT2D eigenvalue weighted by Gasteiger charge is 2.23. The Balaban J connectivity index is 1.36. The smallest absolute Gasteiger partial charge is 0.321 e. The molecule has 0 bridgehead atoms. The fourth-order valence-corrected chi connectivity index (χ4v) is 3.91. The minimum absolute atomic E-state index is 0.0807. The molecule has 1 aromatic carbocycles. The molecule has 1 aromatic heterocycles. The number of carbonyl (C=O) groups is 1. The Labute approximate surface area is 176 Å². The molecule has 2 aromatic rings. The zero-order chi connectivity index (χ0) is 20.1. The van der Waals surface area contributed by atoms with Gasteiger partial charge in [0.2, 0.25) is 0 Å². The van der Waals surface area contributed by atoms with Gasteiger partial charge >= 0.3 is 6.03 Å². The van der Waals surface area contributed by atoms with Gasteiger partial charge in [0.15, 0.2) is 0 Å². The Morgan fingerprint density at radius 2 is 1.90 bits per heavy atom. The van der Waals surface area contributed by atoms with Gasteiger partial charge in [0.1, 0.15) is 0 Å². The van der Waals surface area contributed by atoms with Crippen LogP contribution >= 0.6 is 11.6 Å². The highest BCUT2D eigenvalue weighted by atomic mass is 35.5. The second-order valence-corrected chi connectivity index (χ2v) is 7.75. The van der Waals surface area contributed by atoms with Gasteiger partial charge in [-0.2, -0.15) is 0 Å². The molecule has 154 valence electrons. The Bertz CT molecular complexity index is 821. The molecule has 0 unspecified atom stereocenters. The number of piperazine rings is 1. The topological polar surface area (TPSA) is 60.9 Å².